The smallest absolute Gasteiger partial charge is 0.337 e. The number of aliphatic hydroxyl groups excluding tert-OH is 5. The van der Waals surface area contributed by atoms with Gasteiger partial charge < -0.3 is 44.5 Å². The summed E-state index contributed by atoms with van der Waals surface area (Å²) >= 11 is 0. The summed E-state index contributed by atoms with van der Waals surface area (Å²) in [4.78, 5) is 12.0. The van der Waals surface area contributed by atoms with Crippen LogP contribution in [0.2, 0.25) is 0 Å². The fourth-order valence-electron chi connectivity index (χ4n) is 4.10. The normalized spacial score (nSPS) is 47.0. The first kappa shape index (κ1) is 20.5. The van der Waals surface area contributed by atoms with Gasteiger partial charge in [-0.2, -0.15) is 0 Å². The molecule has 2 fully saturated rings. The lowest BCUT2D eigenvalue weighted by molar-refractivity contribution is -0.342. The lowest BCUT2D eigenvalue weighted by Gasteiger charge is -2.43. The Balaban J connectivity index is 1.80. The highest BCUT2D eigenvalue weighted by atomic mass is 16.8. The van der Waals surface area contributed by atoms with Crippen LogP contribution < -0.4 is 0 Å². The van der Waals surface area contributed by atoms with Crippen LogP contribution in [0.5, 0.6) is 0 Å². The molecule has 2 aliphatic heterocycles. The van der Waals surface area contributed by atoms with Crippen molar-refractivity contribution in [1.82, 2.24) is 0 Å². The molecule has 1 aliphatic carbocycles. The van der Waals surface area contributed by atoms with Crippen LogP contribution in [-0.4, -0.2) is 88.3 Å². The Morgan fingerprint density at radius 1 is 1.19 bits per heavy atom. The van der Waals surface area contributed by atoms with Gasteiger partial charge in [0.25, 0.3) is 0 Å². The summed E-state index contributed by atoms with van der Waals surface area (Å²) in [7, 11) is 1.25. The van der Waals surface area contributed by atoms with Gasteiger partial charge in [0.2, 0.25) is 6.29 Å². The molecule has 2 heterocycles. The maximum Gasteiger partial charge on any atom is 0.337 e. The molecule has 3 aliphatic rings. The predicted molar refractivity (Wildman–Crippen MR) is 86.6 cm³/mol. The van der Waals surface area contributed by atoms with Gasteiger partial charge in [0.05, 0.1) is 31.7 Å². The SMILES string of the molecule is COC(=O)C1=COC(O[C@@H]2O[C@H](CO)[C@@H](O)[C@H](O)[C@H]2O)C2C1CC(O)C2C. The summed E-state index contributed by atoms with van der Waals surface area (Å²) < 4.78 is 21.4. The van der Waals surface area contributed by atoms with E-state index in [1.807, 2.05) is 0 Å². The van der Waals surface area contributed by atoms with Crippen molar-refractivity contribution >= 4 is 5.97 Å². The third kappa shape index (κ3) is 3.58. The fraction of sp³-hybridized carbons (Fsp3) is 0.824. The van der Waals surface area contributed by atoms with Gasteiger partial charge >= 0.3 is 5.97 Å². The number of aliphatic hydroxyl groups is 5. The Morgan fingerprint density at radius 3 is 2.52 bits per heavy atom. The molecular formula is C17H26O10. The fourth-order valence-corrected chi connectivity index (χ4v) is 4.10. The molecule has 0 aromatic heterocycles. The van der Waals surface area contributed by atoms with E-state index in [1.54, 1.807) is 6.92 Å². The molecule has 5 unspecified atom stereocenters. The monoisotopic (exact) mass is 390 g/mol. The van der Waals surface area contributed by atoms with Gasteiger partial charge in [-0.05, 0) is 12.3 Å². The van der Waals surface area contributed by atoms with Crippen LogP contribution in [0.1, 0.15) is 13.3 Å². The number of fused-ring (bicyclic) bond motifs is 1. The summed E-state index contributed by atoms with van der Waals surface area (Å²) in [6.07, 6.45) is -7.25. The second kappa shape index (κ2) is 8.00. The lowest BCUT2D eigenvalue weighted by Crippen LogP contribution is -2.60. The molecule has 0 spiro atoms. The highest BCUT2D eigenvalue weighted by Gasteiger charge is 2.53. The van der Waals surface area contributed by atoms with E-state index >= 15 is 0 Å². The summed E-state index contributed by atoms with van der Waals surface area (Å²) in [5, 5.41) is 49.4. The number of rotatable bonds is 4. The average Bonchev–Trinajstić information content (AvgIpc) is 2.96. The number of methoxy groups -OCH3 is 1. The third-order valence-corrected chi connectivity index (χ3v) is 5.75. The van der Waals surface area contributed by atoms with E-state index < -0.39 is 61.6 Å². The molecule has 0 aromatic rings. The number of hydrogen-bond acceptors (Lipinski definition) is 10. The number of carbonyl (C=O) groups is 1. The standard InChI is InChI=1S/C17H26O10/c1-6-9(19)3-7-8(15(23)24-2)5-25-16(11(6)7)27-17-14(22)13(21)12(20)10(4-18)26-17/h5-7,9-14,16-22H,3-4H2,1-2H3/t6?,7?,9?,10-,11?,12-,13+,14-,16?,17+/m1/s1. The Labute approximate surface area is 155 Å². The molecule has 3 rings (SSSR count). The summed E-state index contributed by atoms with van der Waals surface area (Å²) in [6, 6.07) is 0. The minimum atomic E-state index is -1.58. The van der Waals surface area contributed by atoms with E-state index in [9.17, 15) is 30.3 Å². The summed E-state index contributed by atoms with van der Waals surface area (Å²) in [5.74, 6) is -1.63. The Morgan fingerprint density at radius 2 is 1.89 bits per heavy atom. The summed E-state index contributed by atoms with van der Waals surface area (Å²) in [6.45, 7) is 1.21. The largest absolute Gasteiger partial charge is 0.472 e. The van der Waals surface area contributed by atoms with Crippen LogP contribution in [0, 0.1) is 17.8 Å². The number of esters is 1. The highest BCUT2D eigenvalue weighted by molar-refractivity contribution is 5.89. The van der Waals surface area contributed by atoms with Crippen LogP contribution in [0.3, 0.4) is 0 Å². The summed E-state index contributed by atoms with van der Waals surface area (Å²) in [5.41, 5.74) is 0.291. The van der Waals surface area contributed by atoms with Gasteiger partial charge in [-0.25, -0.2) is 4.79 Å². The average molecular weight is 390 g/mol. The number of carbonyl (C=O) groups excluding carboxylic acids is 1. The first-order valence-corrected chi connectivity index (χ1v) is 8.88. The zero-order chi connectivity index (χ0) is 19.9. The minimum absolute atomic E-state index is 0.279. The number of hydrogen-bond donors (Lipinski definition) is 5. The highest BCUT2D eigenvalue weighted by Crippen LogP contribution is 2.47. The van der Waals surface area contributed by atoms with Crippen molar-refractivity contribution in [2.45, 2.75) is 56.4 Å². The molecule has 0 radical (unpaired) electrons. The molecular weight excluding hydrogens is 364 g/mol. The molecule has 10 atom stereocenters. The van der Waals surface area contributed by atoms with Crippen molar-refractivity contribution in [1.29, 1.82) is 0 Å². The molecule has 10 heteroatoms. The van der Waals surface area contributed by atoms with E-state index in [0.717, 1.165) is 0 Å². The quantitative estimate of drug-likeness (QED) is 0.336. The molecule has 1 saturated carbocycles. The molecule has 0 amide bonds. The molecule has 27 heavy (non-hydrogen) atoms. The van der Waals surface area contributed by atoms with Crippen molar-refractivity contribution in [3.8, 4) is 0 Å². The molecule has 0 aromatic carbocycles. The molecule has 1 saturated heterocycles. The van der Waals surface area contributed by atoms with E-state index in [-0.39, 0.29) is 11.8 Å². The van der Waals surface area contributed by atoms with Crippen LogP contribution in [0.4, 0.5) is 0 Å². The first-order valence-electron chi connectivity index (χ1n) is 8.88. The van der Waals surface area contributed by atoms with Crippen molar-refractivity contribution in [3.05, 3.63) is 11.8 Å². The Bertz CT molecular complexity index is 578. The van der Waals surface area contributed by atoms with Gasteiger partial charge in [-0.3, -0.25) is 0 Å². The zero-order valence-electron chi connectivity index (χ0n) is 15.0. The van der Waals surface area contributed by atoms with E-state index in [2.05, 4.69) is 0 Å². The topological polar surface area (TPSA) is 155 Å². The second-order valence-electron chi connectivity index (χ2n) is 7.25. The second-order valence-corrected chi connectivity index (χ2v) is 7.25. The van der Waals surface area contributed by atoms with Gasteiger partial charge in [0, 0.05) is 11.8 Å². The van der Waals surface area contributed by atoms with Crippen molar-refractivity contribution < 1.29 is 49.3 Å². The van der Waals surface area contributed by atoms with Crippen LogP contribution in [0.25, 0.3) is 0 Å². The van der Waals surface area contributed by atoms with Gasteiger partial charge in [-0.15, -0.1) is 0 Å². The minimum Gasteiger partial charge on any atom is -0.472 e. The maximum atomic E-state index is 12.0. The van der Waals surface area contributed by atoms with Crippen molar-refractivity contribution in [3.63, 3.8) is 0 Å². The van der Waals surface area contributed by atoms with Gasteiger partial charge in [-0.1, -0.05) is 6.92 Å². The lowest BCUT2D eigenvalue weighted by atomic mass is 9.83. The van der Waals surface area contributed by atoms with E-state index in [0.29, 0.717) is 12.0 Å². The zero-order valence-corrected chi connectivity index (χ0v) is 15.0. The van der Waals surface area contributed by atoms with E-state index in [1.165, 1.54) is 13.4 Å². The molecule has 10 nitrogen and oxygen atoms in total. The van der Waals surface area contributed by atoms with Crippen molar-refractivity contribution in [2.75, 3.05) is 13.7 Å². The Hall–Kier alpha value is -1.27. The predicted octanol–water partition coefficient (Wildman–Crippen LogP) is -2.15. The van der Waals surface area contributed by atoms with Crippen LogP contribution in [-0.2, 0) is 23.7 Å². The third-order valence-electron chi connectivity index (χ3n) is 5.75. The molecule has 0 bridgehead atoms. The van der Waals surface area contributed by atoms with Crippen molar-refractivity contribution in [2.24, 2.45) is 17.8 Å². The first-order chi connectivity index (χ1) is 12.8. The van der Waals surface area contributed by atoms with Crippen LogP contribution >= 0.6 is 0 Å². The molecule has 154 valence electrons. The Kier molecular flexibility index (Phi) is 6.06. The van der Waals surface area contributed by atoms with Gasteiger partial charge in [0.15, 0.2) is 6.29 Å². The van der Waals surface area contributed by atoms with Gasteiger partial charge in [0.1, 0.15) is 24.4 Å². The number of ether oxygens (including phenoxy) is 4. The van der Waals surface area contributed by atoms with Crippen LogP contribution in [0.15, 0.2) is 11.8 Å². The maximum absolute atomic E-state index is 12.0. The van der Waals surface area contributed by atoms with E-state index in [4.69, 9.17) is 18.9 Å². The molecule has 5 N–H and O–H groups in total.